The summed E-state index contributed by atoms with van der Waals surface area (Å²) >= 11 is 0. The molecule has 1 unspecified atom stereocenters. The predicted molar refractivity (Wildman–Crippen MR) is 66.2 cm³/mol. The van der Waals surface area contributed by atoms with Gasteiger partial charge in [0.1, 0.15) is 0 Å². The summed E-state index contributed by atoms with van der Waals surface area (Å²) in [5, 5.41) is 3.63. The van der Waals surface area contributed by atoms with Gasteiger partial charge in [0.15, 0.2) is 0 Å². The summed E-state index contributed by atoms with van der Waals surface area (Å²) in [6.07, 6.45) is 6.34. The van der Waals surface area contributed by atoms with Gasteiger partial charge in [0, 0.05) is 31.5 Å². The van der Waals surface area contributed by atoms with Gasteiger partial charge in [0.25, 0.3) is 0 Å². The highest BCUT2D eigenvalue weighted by Gasteiger charge is 2.17. The first-order valence-electron chi connectivity index (χ1n) is 6.23. The second kappa shape index (κ2) is 5.97. The zero-order valence-electron chi connectivity index (χ0n) is 10.0. The molecule has 1 atom stereocenters. The first-order valence-corrected chi connectivity index (χ1v) is 6.23. The molecule has 2 rings (SSSR count). The number of likely N-dealkylation sites (N-methyl/N-ethyl adjacent to an activating group) is 1. The Morgan fingerprint density at radius 1 is 1.44 bits per heavy atom. The van der Waals surface area contributed by atoms with E-state index in [1.165, 1.54) is 38.0 Å². The third-order valence-corrected chi connectivity index (χ3v) is 3.30. The van der Waals surface area contributed by atoms with Gasteiger partial charge in [-0.2, -0.15) is 0 Å². The Morgan fingerprint density at radius 2 is 2.25 bits per heavy atom. The Kier molecular flexibility index (Phi) is 4.31. The Labute approximate surface area is 97.9 Å². The average Bonchev–Trinajstić information content (AvgIpc) is 2.38. The molecule has 0 amide bonds. The summed E-state index contributed by atoms with van der Waals surface area (Å²) in [7, 11) is 0. The molecule has 0 saturated carbocycles. The molecule has 1 aliphatic heterocycles. The maximum absolute atomic E-state index is 4.03. The van der Waals surface area contributed by atoms with E-state index in [4.69, 9.17) is 0 Å². The van der Waals surface area contributed by atoms with Gasteiger partial charge < -0.3 is 10.2 Å². The first kappa shape index (κ1) is 11.6. The van der Waals surface area contributed by atoms with Gasteiger partial charge >= 0.3 is 0 Å². The van der Waals surface area contributed by atoms with Crippen LogP contribution in [0.4, 0.5) is 0 Å². The van der Waals surface area contributed by atoms with E-state index in [9.17, 15) is 0 Å². The van der Waals surface area contributed by atoms with Crippen molar-refractivity contribution in [3.63, 3.8) is 0 Å². The molecular weight excluding hydrogens is 198 g/mol. The van der Waals surface area contributed by atoms with Crippen LogP contribution < -0.4 is 5.32 Å². The molecule has 0 aliphatic carbocycles. The normalized spacial score (nSPS) is 22.2. The van der Waals surface area contributed by atoms with E-state index in [-0.39, 0.29) is 0 Å². The van der Waals surface area contributed by atoms with Crippen LogP contribution in [0.15, 0.2) is 24.5 Å². The maximum Gasteiger partial charge on any atom is 0.0271 e. The van der Waals surface area contributed by atoms with Crippen LogP contribution in [0.3, 0.4) is 0 Å². The third-order valence-electron chi connectivity index (χ3n) is 3.30. The summed E-state index contributed by atoms with van der Waals surface area (Å²) < 4.78 is 0. The number of hydrogen-bond acceptors (Lipinski definition) is 3. The van der Waals surface area contributed by atoms with E-state index in [0.29, 0.717) is 6.04 Å². The van der Waals surface area contributed by atoms with Crippen molar-refractivity contribution in [3.05, 3.63) is 30.1 Å². The van der Waals surface area contributed by atoms with Crippen LogP contribution >= 0.6 is 0 Å². The van der Waals surface area contributed by atoms with Crippen molar-refractivity contribution in [3.8, 4) is 0 Å². The lowest BCUT2D eigenvalue weighted by Gasteiger charge is -2.32. The Bertz CT molecular complexity index is 299. The molecule has 0 radical (unpaired) electrons. The quantitative estimate of drug-likeness (QED) is 0.834. The van der Waals surface area contributed by atoms with Gasteiger partial charge in [-0.15, -0.1) is 0 Å². The molecular formula is C13H21N3. The first-order chi connectivity index (χ1) is 7.88. The number of nitrogens with zero attached hydrogens (tertiary/aromatic N) is 2. The largest absolute Gasteiger partial charge is 0.309 e. The standard InChI is InChI=1S/C13H21N3/c1-2-16-9-3-4-13(11-16)15-10-12-5-7-14-8-6-12/h5-8,13,15H,2-4,9-11H2,1H3. The summed E-state index contributed by atoms with van der Waals surface area (Å²) in [6, 6.07) is 4.81. The third kappa shape index (κ3) is 3.29. The van der Waals surface area contributed by atoms with Crippen LogP contribution in [0.1, 0.15) is 25.3 Å². The van der Waals surface area contributed by atoms with Crippen molar-refractivity contribution in [2.75, 3.05) is 19.6 Å². The molecule has 1 aromatic heterocycles. The van der Waals surface area contributed by atoms with E-state index in [1.807, 2.05) is 12.4 Å². The average molecular weight is 219 g/mol. The van der Waals surface area contributed by atoms with E-state index in [1.54, 1.807) is 0 Å². The fraction of sp³-hybridized carbons (Fsp3) is 0.615. The molecule has 0 aromatic carbocycles. The number of pyridine rings is 1. The Hall–Kier alpha value is -0.930. The predicted octanol–water partition coefficient (Wildman–Crippen LogP) is 1.66. The number of hydrogen-bond donors (Lipinski definition) is 1. The van der Waals surface area contributed by atoms with Crippen LogP contribution in [0.5, 0.6) is 0 Å². The van der Waals surface area contributed by atoms with E-state index in [2.05, 4.69) is 34.3 Å². The number of rotatable bonds is 4. The molecule has 1 fully saturated rings. The highest BCUT2D eigenvalue weighted by molar-refractivity contribution is 5.09. The minimum absolute atomic E-state index is 0.655. The Morgan fingerprint density at radius 3 is 3.00 bits per heavy atom. The number of piperidine rings is 1. The molecule has 1 aromatic rings. The fourth-order valence-corrected chi connectivity index (χ4v) is 2.27. The number of nitrogens with one attached hydrogen (secondary N) is 1. The van der Waals surface area contributed by atoms with Crippen molar-refractivity contribution in [2.24, 2.45) is 0 Å². The maximum atomic E-state index is 4.03. The zero-order valence-corrected chi connectivity index (χ0v) is 10.0. The molecule has 1 aliphatic rings. The second-order valence-corrected chi connectivity index (χ2v) is 4.47. The van der Waals surface area contributed by atoms with Gasteiger partial charge in [-0.1, -0.05) is 6.92 Å². The van der Waals surface area contributed by atoms with E-state index in [0.717, 1.165) is 6.54 Å². The van der Waals surface area contributed by atoms with E-state index < -0.39 is 0 Å². The molecule has 1 saturated heterocycles. The van der Waals surface area contributed by atoms with Crippen LogP contribution in [-0.4, -0.2) is 35.6 Å². The van der Waals surface area contributed by atoms with Crippen molar-refractivity contribution in [1.82, 2.24) is 15.2 Å². The van der Waals surface area contributed by atoms with Crippen LogP contribution in [0, 0.1) is 0 Å². The molecule has 3 nitrogen and oxygen atoms in total. The van der Waals surface area contributed by atoms with Crippen LogP contribution in [0.25, 0.3) is 0 Å². The van der Waals surface area contributed by atoms with Gasteiger partial charge in [-0.25, -0.2) is 0 Å². The van der Waals surface area contributed by atoms with Gasteiger partial charge in [0.05, 0.1) is 0 Å². The number of aromatic nitrogens is 1. The molecule has 3 heteroatoms. The lowest BCUT2D eigenvalue weighted by Crippen LogP contribution is -2.45. The minimum Gasteiger partial charge on any atom is -0.309 e. The molecule has 16 heavy (non-hydrogen) atoms. The molecule has 88 valence electrons. The topological polar surface area (TPSA) is 28.2 Å². The van der Waals surface area contributed by atoms with Crippen LogP contribution in [-0.2, 0) is 6.54 Å². The fourth-order valence-electron chi connectivity index (χ4n) is 2.27. The second-order valence-electron chi connectivity index (χ2n) is 4.47. The summed E-state index contributed by atoms with van der Waals surface area (Å²) in [5.74, 6) is 0. The number of likely N-dealkylation sites (tertiary alicyclic amines) is 1. The SMILES string of the molecule is CCN1CCCC(NCc2ccncc2)C1. The smallest absolute Gasteiger partial charge is 0.0271 e. The lowest BCUT2D eigenvalue weighted by atomic mass is 10.1. The molecule has 0 spiro atoms. The van der Waals surface area contributed by atoms with Crippen molar-refractivity contribution in [1.29, 1.82) is 0 Å². The summed E-state index contributed by atoms with van der Waals surface area (Å²) in [5.41, 5.74) is 1.32. The van der Waals surface area contributed by atoms with E-state index >= 15 is 0 Å². The van der Waals surface area contributed by atoms with Gasteiger partial charge in [-0.3, -0.25) is 4.98 Å². The minimum atomic E-state index is 0.655. The highest BCUT2D eigenvalue weighted by atomic mass is 15.2. The van der Waals surface area contributed by atoms with Crippen molar-refractivity contribution >= 4 is 0 Å². The van der Waals surface area contributed by atoms with Crippen molar-refractivity contribution in [2.45, 2.75) is 32.4 Å². The lowest BCUT2D eigenvalue weighted by molar-refractivity contribution is 0.198. The zero-order chi connectivity index (χ0) is 11.2. The Balaban J connectivity index is 1.77. The monoisotopic (exact) mass is 219 g/mol. The highest BCUT2D eigenvalue weighted by Crippen LogP contribution is 2.10. The molecule has 1 N–H and O–H groups in total. The van der Waals surface area contributed by atoms with Gasteiger partial charge in [-0.05, 0) is 43.6 Å². The summed E-state index contributed by atoms with van der Waals surface area (Å²) in [4.78, 5) is 6.55. The van der Waals surface area contributed by atoms with Crippen molar-refractivity contribution < 1.29 is 0 Å². The van der Waals surface area contributed by atoms with Crippen LogP contribution in [0.2, 0.25) is 0 Å². The summed E-state index contributed by atoms with van der Waals surface area (Å²) in [6.45, 7) is 6.84. The van der Waals surface area contributed by atoms with Gasteiger partial charge in [0.2, 0.25) is 0 Å². The molecule has 0 bridgehead atoms. The molecule has 2 heterocycles.